The number of aliphatic hydroxyl groups is 1. The average Bonchev–Trinajstić information content (AvgIpc) is 2.43. The Morgan fingerprint density at radius 1 is 0.287 bits per heavy atom. The van der Waals surface area contributed by atoms with Crippen LogP contribution in [0.1, 0.15) is 388 Å². The van der Waals surface area contributed by atoms with Gasteiger partial charge in [0.05, 0.1) is 26.4 Å². The van der Waals surface area contributed by atoms with Gasteiger partial charge in [0.2, 0.25) is 0 Å². The standard InChI is InChI=1S/C75H146O17P2/c1-7-9-11-13-14-15-16-17-18-19-20-21-22-23-24-25-28-32-35-41-47-53-59-74(79)92-71(64-86-73(78)58-52-46-40-34-31-29-26-27-30-33-38-44-49-55-67(3)4)66-90-94(83,84)88-62-69(76)61-87-93(81,82)89-65-70(63-85-72(77)57-51-43-12-10-8-2)91-75(80)60-54-48-42-37-36-39-45-50-56-68(5)6/h67-71,76H,7-66H2,1-6H3,(H,81,82)(H,83,84)/t69-,70+,71+/m0/s1. The highest BCUT2D eigenvalue weighted by atomic mass is 31.2. The Kier molecular flexibility index (Phi) is 65.5. The van der Waals surface area contributed by atoms with Crippen molar-refractivity contribution in [2.75, 3.05) is 39.6 Å². The van der Waals surface area contributed by atoms with Crippen molar-refractivity contribution in [3.8, 4) is 0 Å². The quantitative estimate of drug-likeness (QED) is 0.0222. The van der Waals surface area contributed by atoms with E-state index in [-0.39, 0.29) is 25.7 Å². The van der Waals surface area contributed by atoms with Crippen LogP contribution in [0.25, 0.3) is 0 Å². The van der Waals surface area contributed by atoms with Crippen molar-refractivity contribution in [2.24, 2.45) is 11.8 Å². The van der Waals surface area contributed by atoms with Crippen molar-refractivity contribution in [3.63, 3.8) is 0 Å². The van der Waals surface area contributed by atoms with E-state index < -0.39 is 97.5 Å². The molecule has 0 aliphatic heterocycles. The zero-order chi connectivity index (χ0) is 69.3. The number of rotatable bonds is 74. The van der Waals surface area contributed by atoms with Crippen molar-refractivity contribution in [2.45, 2.75) is 407 Å². The summed E-state index contributed by atoms with van der Waals surface area (Å²) in [6.45, 7) is 9.46. The average molecular weight is 1380 g/mol. The molecule has 0 amide bonds. The Morgan fingerprint density at radius 2 is 0.489 bits per heavy atom. The number of phosphoric ester groups is 2. The summed E-state index contributed by atoms with van der Waals surface area (Å²) in [6.07, 6.45) is 54.8. The summed E-state index contributed by atoms with van der Waals surface area (Å²) in [4.78, 5) is 72.4. The van der Waals surface area contributed by atoms with E-state index in [1.54, 1.807) is 0 Å². The molecule has 0 fully saturated rings. The van der Waals surface area contributed by atoms with Crippen LogP contribution in [0.15, 0.2) is 0 Å². The third-order valence-electron chi connectivity index (χ3n) is 17.5. The van der Waals surface area contributed by atoms with E-state index >= 15 is 0 Å². The molecule has 19 heteroatoms. The van der Waals surface area contributed by atoms with Crippen LogP contribution < -0.4 is 0 Å². The minimum absolute atomic E-state index is 0.104. The van der Waals surface area contributed by atoms with Crippen LogP contribution >= 0.6 is 15.6 Å². The molecule has 0 aromatic carbocycles. The fourth-order valence-electron chi connectivity index (χ4n) is 11.5. The summed E-state index contributed by atoms with van der Waals surface area (Å²) in [5.74, 6) is -0.622. The predicted octanol–water partition coefficient (Wildman–Crippen LogP) is 21.9. The molecule has 0 aliphatic carbocycles. The van der Waals surface area contributed by atoms with E-state index in [1.807, 2.05) is 0 Å². The number of carbonyl (C=O) groups is 4. The number of aliphatic hydroxyl groups excluding tert-OH is 1. The van der Waals surface area contributed by atoms with Crippen molar-refractivity contribution in [3.05, 3.63) is 0 Å². The third-order valence-corrected chi connectivity index (χ3v) is 19.4. The topological polar surface area (TPSA) is 237 Å². The number of carbonyl (C=O) groups excluding carboxylic acids is 4. The van der Waals surface area contributed by atoms with Crippen molar-refractivity contribution in [1.29, 1.82) is 0 Å². The number of unbranched alkanes of at least 4 members (excludes halogenated alkanes) is 44. The van der Waals surface area contributed by atoms with Gasteiger partial charge in [-0.05, 0) is 37.5 Å². The van der Waals surface area contributed by atoms with Crippen molar-refractivity contribution in [1.82, 2.24) is 0 Å². The molecule has 0 saturated carbocycles. The molecule has 0 radical (unpaired) electrons. The van der Waals surface area contributed by atoms with Crippen LogP contribution in [0.3, 0.4) is 0 Å². The smallest absolute Gasteiger partial charge is 0.462 e. The number of hydrogen-bond donors (Lipinski definition) is 3. The second-order valence-corrected chi connectivity index (χ2v) is 30.9. The summed E-state index contributed by atoms with van der Waals surface area (Å²) < 4.78 is 68.2. The van der Waals surface area contributed by atoms with Gasteiger partial charge in [-0.25, -0.2) is 9.13 Å². The second-order valence-electron chi connectivity index (χ2n) is 28.0. The highest BCUT2D eigenvalue weighted by molar-refractivity contribution is 7.47. The highest BCUT2D eigenvalue weighted by Crippen LogP contribution is 2.45. The van der Waals surface area contributed by atoms with Gasteiger partial charge in [-0.3, -0.25) is 37.3 Å². The fourth-order valence-corrected chi connectivity index (χ4v) is 13.1. The van der Waals surface area contributed by atoms with E-state index in [2.05, 4.69) is 41.5 Å². The van der Waals surface area contributed by atoms with Crippen LogP contribution in [0.4, 0.5) is 0 Å². The lowest BCUT2D eigenvalue weighted by Crippen LogP contribution is -2.30. The Labute approximate surface area is 575 Å². The van der Waals surface area contributed by atoms with Gasteiger partial charge in [0.15, 0.2) is 12.2 Å². The molecular weight excluding hydrogens is 1230 g/mol. The third kappa shape index (κ3) is 68.6. The van der Waals surface area contributed by atoms with Crippen LogP contribution in [0.5, 0.6) is 0 Å². The van der Waals surface area contributed by atoms with Gasteiger partial charge in [-0.2, -0.15) is 0 Å². The normalized spacial score (nSPS) is 14.0. The lowest BCUT2D eigenvalue weighted by Gasteiger charge is -2.21. The van der Waals surface area contributed by atoms with E-state index in [9.17, 15) is 43.2 Å². The van der Waals surface area contributed by atoms with Gasteiger partial charge >= 0.3 is 39.5 Å². The van der Waals surface area contributed by atoms with Gasteiger partial charge < -0.3 is 33.8 Å². The predicted molar refractivity (Wildman–Crippen MR) is 381 cm³/mol. The first-order valence-corrected chi connectivity index (χ1v) is 42.0. The largest absolute Gasteiger partial charge is 0.472 e. The Balaban J connectivity index is 5.11. The van der Waals surface area contributed by atoms with E-state index in [4.69, 9.17) is 37.0 Å². The summed E-state index contributed by atoms with van der Waals surface area (Å²) in [7, 11) is -9.90. The van der Waals surface area contributed by atoms with E-state index in [1.165, 1.54) is 199 Å². The zero-order valence-corrected chi connectivity index (χ0v) is 63.1. The summed E-state index contributed by atoms with van der Waals surface area (Å²) in [5, 5.41) is 10.6. The summed E-state index contributed by atoms with van der Waals surface area (Å²) in [5.41, 5.74) is 0. The molecule has 3 N–H and O–H groups in total. The maximum atomic E-state index is 13.1. The lowest BCUT2D eigenvalue weighted by molar-refractivity contribution is -0.161. The Hall–Kier alpha value is -1.94. The fraction of sp³-hybridized carbons (Fsp3) is 0.947. The van der Waals surface area contributed by atoms with Crippen molar-refractivity contribution < 1.29 is 80.2 Å². The maximum Gasteiger partial charge on any atom is 0.472 e. The van der Waals surface area contributed by atoms with Crippen molar-refractivity contribution >= 4 is 39.5 Å². The monoisotopic (exact) mass is 1380 g/mol. The van der Waals surface area contributed by atoms with Crippen LogP contribution in [-0.2, 0) is 65.4 Å². The van der Waals surface area contributed by atoms with Gasteiger partial charge in [0.1, 0.15) is 19.3 Å². The SMILES string of the molecule is CCCCCCCCCCCCCCCCCCCCCCCCC(=O)O[C@H](COC(=O)CCCCCCCCCCCCCCCC(C)C)COP(=O)(O)OC[C@@H](O)COP(=O)(O)OC[C@@H](COC(=O)CCCCCCC)OC(=O)CCCCCCCCCCC(C)C. The minimum atomic E-state index is -4.95. The molecular formula is C75H146O17P2. The zero-order valence-electron chi connectivity index (χ0n) is 61.3. The highest BCUT2D eigenvalue weighted by Gasteiger charge is 2.30. The first-order valence-electron chi connectivity index (χ1n) is 39.0. The maximum absolute atomic E-state index is 13.1. The molecule has 94 heavy (non-hydrogen) atoms. The molecule has 0 heterocycles. The molecule has 0 saturated heterocycles. The number of ether oxygens (including phenoxy) is 4. The summed E-state index contributed by atoms with van der Waals surface area (Å²) in [6, 6.07) is 0. The second kappa shape index (κ2) is 66.9. The van der Waals surface area contributed by atoms with E-state index in [0.717, 1.165) is 108 Å². The number of esters is 4. The summed E-state index contributed by atoms with van der Waals surface area (Å²) >= 11 is 0. The van der Waals surface area contributed by atoms with E-state index in [0.29, 0.717) is 25.7 Å². The number of hydrogen-bond acceptors (Lipinski definition) is 15. The van der Waals surface area contributed by atoms with Gasteiger partial charge in [0.25, 0.3) is 0 Å². The van der Waals surface area contributed by atoms with Crippen LogP contribution in [0, 0.1) is 11.8 Å². The van der Waals surface area contributed by atoms with Gasteiger partial charge in [-0.15, -0.1) is 0 Å². The number of phosphoric acid groups is 2. The van der Waals surface area contributed by atoms with Gasteiger partial charge in [0, 0.05) is 25.7 Å². The lowest BCUT2D eigenvalue weighted by atomic mass is 10.0. The molecule has 558 valence electrons. The van der Waals surface area contributed by atoms with Crippen LogP contribution in [-0.4, -0.2) is 96.7 Å². The molecule has 0 aromatic rings. The molecule has 2 unspecified atom stereocenters. The molecule has 5 atom stereocenters. The molecule has 0 rings (SSSR count). The first-order chi connectivity index (χ1) is 45.4. The van der Waals surface area contributed by atoms with Gasteiger partial charge in [-0.1, -0.05) is 337 Å². The molecule has 0 bridgehead atoms. The Bertz CT molecular complexity index is 1820. The molecule has 0 spiro atoms. The molecule has 17 nitrogen and oxygen atoms in total. The van der Waals surface area contributed by atoms with Crippen LogP contribution in [0.2, 0.25) is 0 Å². The first kappa shape index (κ1) is 92.1. The Morgan fingerprint density at radius 3 is 0.723 bits per heavy atom. The molecule has 0 aliphatic rings. The minimum Gasteiger partial charge on any atom is -0.462 e. The molecule has 0 aromatic heterocycles.